The minimum absolute atomic E-state index is 0.0459. The third-order valence-electron chi connectivity index (χ3n) is 1.97. The Morgan fingerprint density at radius 2 is 2.25 bits per heavy atom. The summed E-state index contributed by atoms with van der Waals surface area (Å²) in [5.74, 6) is -0.357. The summed E-state index contributed by atoms with van der Waals surface area (Å²) in [5, 5.41) is 0. The molecule has 0 bridgehead atoms. The second kappa shape index (κ2) is 4.26. The molecular weight excluding hydrogens is 156 g/mol. The summed E-state index contributed by atoms with van der Waals surface area (Å²) in [4.78, 5) is 10.8. The molecule has 0 aromatic rings. The van der Waals surface area contributed by atoms with Gasteiger partial charge in [-0.3, -0.25) is 0 Å². The van der Waals surface area contributed by atoms with Crippen LogP contribution in [0.5, 0.6) is 0 Å². The predicted octanol–water partition coefficient (Wildman–Crippen LogP) is 1.28. The highest BCUT2D eigenvalue weighted by Crippen LogP contribution is 2.26. The van der Waals surface area contributed by atoms with Gasteiger partial charge in [0.25, 0.3) is 0 Å². The van der Waals surface area contributed by atoms with Crippen molar-refractivity contribution in [3.63, 3.8) is 0 Å². The van der Waals surface area contributed by atoms with Crippen LogP contribution < -0.4 is 0 Å². The topological polar surface area (TPSA) is 35.5 Å². The van der Waals surface area contributed by atoms with Crippen LogP contribution in [0.1, 0.15) is 19.8 Å². The molecule has 2 atom stereocenters. The summed E-state index contributed by atoms with van der Waals surface area (Å²) < 4.78 is 10.3. The van der Waals surface area contributed by atoms with Gasteiger partial charge in [0, 0.05) is 12.7 Å². The number of esters is 1. The van der Waals surface area contributed by atoms with E-state index in [1.54, 1.807) is 0 Å². The van der Waals surface area contributed by atoms with Crippen LogP contribution >= 0.6 is 0 Å². The molecule has 12 heavy (non-hydrogen) atoms. The van der Waals surface area contributed by atoms with Gasteiger partial charge in [-0.2, -0.15) is 0 Å². The average Bonchev–Trinajstić information content (AvgIpc) is 2.08. The standard InChI is InChI=1S/C9H14O3/c1-3-9(10)12-8-6-5-7(8)11-4-2/h3,7-8H,1,4-6H2,2H3. The van der Waals surface area contributed by atoms with E-state index in [0.29, 0.717) is 6.61 Å². The third-order valence-corrected chi connectivity index (χ3v) is 1.97. The Balaban J connectivity index is 2.24. The highest BCUT2D eigenvalue weighted by molar-refractivity contribution is 5.81. The van der Waals surface area contributed by atoms with E-state index in [9.17, 15) is 4.79 Å². The van der Waals surface area contributed by atoms with Gasteiger partial charge >= 0.3 is 5.97 Å². The zero-order chi connectivity index (χ0) is 8.97. The van der Waals surface area contributed by atoms with Gasteiger partial charge in [-0.25, -0.2) is 4.79 Å². The zero-order valence-corrected chi connectivity index (χ0v) is 7.29. The largest absolute Gasteiger partial charge is 0.456 e. The molecule has 1 saturated carbocycles. The first kappa shape index (κ1) is 9.26. The molecule has 1 aliphatic carbocycles. The Morgan fingerprint density at radius 3 is 2.67 bits per heavy atom. The van der Waals surface area contributed by atoms with Crippen LogP contribution in [0, 0.1) is 0 Å². The van der Waals surface area contributed by atoms with Crippen LogP contribution in [-0.2, 0) is 14.3 Å². The van der Waals surface area contributed by atoms with Gasteiger partial charge in [0.05, 0.1) is 6.10 Å². The fourth-order valence-electron chi connectivity index (χ4n) is 1.18. The molecule has 3 heteroatoms. The van der Waals surface area contributed by atoms with Crippen molar-refractivity contribution < 1.29 is 14.3 Å². The van der Waals surface area contributed by atoms with E-state index in [2.05, 4.69) is 6.58 Å². The van der Waals surface area contributed by atoms with Gasteiger partial charge in [-0.05, 0) is 19.8 Å². The lowest BCUT2D eigenvalue weighted by atomic mass is 9.92. The highest BCUT2D eigenvalue weighted by Gasteiger charge is 2.34. The first-order valence-corrected chi connectivity index (χ1v) is 4.22. The fourth-order valence-corrected chi connectivity index (χ4v) is 1.18. The molecule has 0 spiro atoms. The van der Waals surface area contributed by atoms with Crippen LogP contribution in [0.25, 0.3) is 0 Å². The molecule has 0 amide bonds. The molecule has 0 radical (unpaired) electrons. The van der Waals surface area contributed by atoms with Gasteiger partial charge < -0.3 is 9.47 Å². The Morgan fingerprint density at radius 1 is 1.58 bits per heavy atom. The lowest BCUT2D eigenvalue weighted by Crippen LogP contribution is -2.42. The Bertz CT molecular complexity index is 177. The van der Waals surface area contributed by atoms with Crippen LogP contribution in [-0.4, -0.2) is 24.8 Å². The highest BCUT2D eigenvalue weighted by atomic mass is 16.6. The quantitative estimate of drug-likeness (QED) is 0.471. The minimum Gasteiger partial charge on any atom is -0.456 e. The van der Waals surface area contributed by atoms with E-state index in [-0.39, 0.29) is 18.2 Å². The van der Waals surface area contributed by atoms with Gasteiger partial charge in [0.2, 0.25) is 0 Å². The average molecular weight is 170 g/mol. The van der Waals surface area contributed by atoms with Crippen molar-refractivity contribution in [2.75, 3.05) is 6.61 Å². The summed E-state index contributed by atoms with van der Waals surface area (Å²) in [6.45, 7) is 5.94. The van der Waals surface area contributed by atoms with E-state index in [1.807, 2.05) is 6.92 Å². The van der Waals surface area contributed by atoms with Crippen molar-refractivity contribution in [2.45, 2.75) is 32.0 Å². The van der Waals surface area contributed by atoms with E-state index >= 15 is 0 Å². The number of rotatable bonds is 4. The second-order valence-corrected chi connectivity index (χ2v) is 2.75. The number of carbonyl (C=O) groups is 1. The smallest absolute Gasteiger partial charge is 0.330 e. The second-order valence-electron chi connectivity index (χ2n) is 2.75. The molecule has 68 valence electrons. The van der Waals surface area contributed by atoms with E-state index in [0.717, 1.165) is 12.8 Å². The maximum absolute atomic E-state index is 10.8. The lowest BCUT2D eigenvalue weighted by molar-refractivity contribution is -0.164. The molecule has 0 aliphatic heterocycles. The van der Waals surface area contributed by atoms with Crippen LogP contribution in [0.4, 0.5) is 0 Å². The Hall–Kier alpha value is -0.830. The number of carbonyl (C=O) groups excluding carboxylic acids is 1. The molecule has 0 saturated heterocycles. The molecule has 3 nitrogen and oxygen atoms in total. The first-order chi connectivity index (χ1) is 5.77. The number of hydrogen-bond acceptors (Lipinski definition) is 3. The lowest BCUT2D eigenvalue weighted by Gasteiger charge is -2.34. The van der Waals surface area contributed by atoms with Crippen molar-refractivity contribution >= 4 is 5.97 Å². The fraction of sp³-hybridized carbons (Fsp3) is 0.667. The van der Waals surface area contributed by atoms with Crippen molar-refractivity contribution in [3.05, 3.63) is 12.7 Å². The SMILES string of the molecule is C=CC(=O)OC1CCC1OCC. The van der Waals surface area contributed by atoms with Crippen molar-refractivity contribution in [3.8, 4) is 0 Å². The molecule has 1 fully saturated rings. The van der Waals surface area contributed by atoms with Gasteiger partial charge in [0.1, 0.15) is 6.10 Å². The summed E-state index contributed by atoms with van der Waals surface area (Å²) >= 11 is 0. The third kappa shape index (κ3) is 2.08. The molecule has 0 heterocycles. The summed E-state index contributed by atoms with van der Waals surface area (Å²) in [5.41, 5.74) is 0. The van der Waals surface area contributed by atoms with Gasteiger partial charge in [-0.15, -0.1) is 0 Å². The van der Waals surface area contributed by atoms with Crippen LogP contribution in [0.2, 0.25) is 0 Å². The minimum atomic E-state index is -0.357. The monoisotopic (exact) mass is 170 g/mol. The summed E-state index contributed by atoms with van der Waals surface area (Å²) in [7, 11) is 0. The Kier molecular flexibility index (Phi) is 3.29. The molecule has 1 rings (SSSR count). The van der Waals surface area contributed by atoms with Crippen LogP contribution in [0.15, 0.2) is 12.7 Å². The number of hydrogen-bond donors (Lipinski definition) is 0. The maximum Gasteiger partial charge on any atom is 0.330 e. The first-order valence-electron chi connectivity index (χ1n) is 4.22. The molecule has 0 aromatic carbocycles. The normalized spacial score (nSPS) is 27.4. The summed E-state index contributed by atoms with van der Waals surface area (Å²) in [6.07, 6.45) is 3.14. The van der Waals surface area contributed by atoms with E-state index in [4.69, 9.17) is 9.47 Å². The maximum atomic E-state index is 10.8. The van der Waals surface area contributed by atoms with Gasteiger partial charge in [-0.1, -0.05) is 6.58 Å². The van der Waals surface area contributed by atoms with Crippen LogP contribution in [0.3, 0.4) is 0 Å². The van der Waals surface area contributed by atoms with E-state index in [1.165, 1.54) is 6.08 Å². The number of ether oxygens (including phenoxy) is 2. The van der Waals surface area contributed by atoms with Crippen molar-refractivity contribution in [1.82, 2.24) is 0 Å². The molecular formula is C9H14O3. The Labute approximate surface area is 72.4 Å². The molecule has 2 unspecified atom stereocenters. The molecule has 0 aromatic heterocycles. The molecule has 0 N–H and O–H groups in total. The van der Waals surface area contributed by atoms with Crippen molar-refractivity contribution in [1.29, 1.82) is 0 Å². The van der Waals surface area contributed by atoms with E-state index < -0.39 is 0 Å². The predicted molar refractivity (Wildman–Crippen MR) is 44.7 cm³/mol. The van der Waals surface area contributed by atoms with Gasteiger partial charge in [0.15, 0.2) is 0 Å². The van der Waals surface area contributed by atoms with Crippen molar-refractivity contribution in [2.24, 2.45) is 0 Å². The molecule has 1 aliphatic rings. The summed E-state index contributed by atoms with van der Waals surface area (Å²) in [6, 6.07) is 0. The zero-order valence-electron chi connectivity index (χ0n) is 7.29.